The number of nitrogens with zero attached hydrogens (tertiary/aromatic N) is 5. The van der Waals surface area contributed by atoms with E-state index in [0.717, 1.165) is 67.2 Å². The molecule has 0 aliphatic carbocycles. The standard InChI is InChI=1S/C31H43ClN6O3/c1-8-9-22(39)15-41-23-10-11-25(32)24(14-23)28-34-27(26(19(2)3)21(5)33)20(4)29(35-28)38-17-31(18-38)12-13-37(16-31)30(40)36(6)7/h10-11,14,22,33,39H,8-9,12-13,15-18H2,1-7H3/t22-/m1/s1. The Morgan fingerprint density at radius 1 is 1.22 bits per heavy atom. The summed E-state index contributed by atoms with van der Waals surface area (Å²) >= 11 is 6.70. The Morgan fingerprint density at radius 3 is 2.54 bits per heavy atom. The minimum absolute atomic E-state index is 0.0465. The first-order chi connectivity index (χ1) is 19.4. The first kappa shape index (κ1) is 30.8. The normalized spacial score (nSPS) is 16.4. The molecule has 2 saturated heterocycles. The van der Waals surface area contributed by atoms with Crippen LogP contribution in [-0.4, -0.2) is 89.6 Å². The number of benzene rings is 1. The molecule has 1 aromatic carbocycles. The summed E-state index contributed by atoms with van der Waals surface area (Å²) in [4.78, 5) is 28.4. The van der Waals surface area contributed by atoms with E-state index in [1.807, 2.05) is 38.7 Å². The highest BCUT2D eigenvalue weighted by molar-refractivity contribution is 6.33. The number of rotatable bonds is 9. The SMILES string of the molecule is CCC[C@@H](O)COc1ccc(Cl)c(-c2nc(C(C(C)=N)=C(C)C)c(C)c(N3CC4(CCN(C(=O)N(C)C)C4)C3)n2)c1. The topological polar surface area (TPSA) is 106 Å². The van der Waals surface area contributed by atoms with E-state index in [2.05, 4.69) is 4.90 Å². The van der Waals surface area contributed by atoms with Crippen LogP contribution in [0, 0.1) is 17.7 Å². The van der Waals surface area contributed by atoms with Gasteiger partial charge in [0.15, 0.2) is 5.82 Å². The molecule has 2 N–H and O–H groups in total. The first-order valence-corrected chi connectivity index (χ1v) is 14.7. The number of hydrogen-bond acceptors (Lipinski definition) is 7. The molecule has 2 aliphatic rings. The summed E-state index contributed by atoms with van der Waals surface area (Å²) in [6.07, 6.45) is 1.96. The molecule has 2 fully saturated rings. The number of likely N-dealkylation sites (tertiary alicyclic amines) is 1. The Kier molecular flexibility index (Phi) is 9.29. The number of halogens is 1. The maximum Gasteiger partial charge on any atom is 0.319 e. The zero-order valence-electron chi connectivity index (χ0n) is 25.3. The van der Waals surface area contributed by atoms with Gasteiger partial charge in [0, 0.05) is 68.1 Å². The Bertz CT molecular complexity index is 1350. The van der Waals surface area contributed by atoms with Crippen molar-refractivity contribution in [3.05, 3.63) is 40.1 Å². The molecular weight excluding hydrogens is 540 g/mol. The lowest BCUT2D eigenvalue weighted by molar-refractivity contribution is 0.0994. The molecule has 222 valence electrons. The summed E-state index contributed by atoms with van der Waals surface area (Å²) in [6, 6.07) is 5.41. The van der Waals surface area contributed by atoms with Gasteiger partial charge in [-0.15, -0.1) is 0 Å². The van der Waals surface area contributed by atoms with Gasteiger partial charge < -0.3 is 30.0 Å². The van der Waals surface area contributed by atoms with E-state index in [-0.39, 0.29) is 18.1 Å². The number of aliphatic hydroxyl groups is 1. The van der Waals surface area contributed by atoms with Gasteiger partial charge in [0.25, 0.3) is 0 Å². The summed E-state index contributed by atoms with van der Waals surface area (Å²) in [6.45, 7) is 13.1. The molecule has 0 unspecified atom stereocenters. The molecule has 2 aromatic rings. The summed E-state index contributed by atoms with van der Waals surface area (Å²) in [5, 5.41) is 19.2. The Labute approximate surface area is 248 Å². The van der Waals surface area contributed by atoms with Crippen LogP contribution in [0.3, 0.4) is 0 Å². The molecule has 1 spiro atoms. The molecule has 0 radical (unpaired) electrons. The van der Waals surface area contributed by atoms with Crippen LogP contribution in [-0.2, 0) is 0 Å². The van der Waals surface area contributed by atoms with E-state index < -0.39 is 6.10 Å². The van der Waals surface area contributed by atoms with Crippen LogP contribution in [0.1, 0.15) is 58.2 Å². The molecule has 4 rings (SSSR count). The molecule has 1 aromatic heterocycles. The van der Waals surface area contributed by atoms with Crippen molar-refractivity contribution in [2.45, 2.75) is 60.0 Å². The molecule has 9 nitrogen and oxygen atoms in total. The fraction of sp³-hybridized carbons (Fsp3) is 0.548. The van der Waals surface area contributed by atoms with E-state index in [4.69, 9.17) is 31.7 Å². The molecule has 2 amide bonds. The van der Waals surface area contributed by atoms with Gasteiger partial charge in [-0.2, -0.15) is 0 Å². The zero-order valence-corrected chi connectivity index (χ0v) is 26.1. The Hall–Kier alpha value is -3.17. The minimum Gasteiger partial charge on any atom is -0.491 e. The molecular formula is C31H43ClN6O3. The number of urea groups is 1. The van der Waals surface area contributed by atoms with E-state index in [9.17, 15) is 9.90 Å². The van der Waals surface area contributed by atoms with Crippen molar-refractivity contribution < 1.29 is 14.6 Å². The van der Waals surface area contributed by atoms with Crippen LogP contribution in [0.25, 0.3) is 17.0 Å². The van der Waals surface area contributed by atoms with Gasteiger partial charge in [0.2, 0.25) is 0 Å². The monoisotopic (exact) mass is 582 g/mol. The van der Waals surface area contributed by atoms with Gasteiger partial charge >= 0.3 is 6.03 Å². The van der Waals surface area contributed by atoms with E-state index >= 15 is 0 Å². The van der Waals surface area contributed by atoms with Crippen molar-refractivity contribution in [3.8, 4) is 17.1 Å². The van der Waals surface area contributed by atoms with Crippen molar-refractivity contribution in [2.75, 3.05) is 51.8 Å². The lowest BCUT2D eigenvalue weighted by Crippen LogP contribution is -2.58. The van der Waals surface area contributed by atoms with Gasteiger partial charge in [-0.25, -0.2) is 14.8 Å². The first-order valence-electron chi connectivity index (χ1n) is 14.3. The van der Waals surface area contributed by atoms with E-state index in [0.29, 0.717) is 34.3 Å². The van der Waals surface area contributed by atoms with Crippen molar-refractivity contribution >= 4 is 34.7 Å². The number of amides is 2. The molecule has 3 heterocycles. The lowest BCUT2D eigenvalue weighted by Gasteiger charge is -2.49. The molecule has 1 atom stereocenters. The largest absolute Gasteiger partial charge is 0.491 e. The predicted octanol–water partition coefficient (Wildman–Crippen LogP) is 5.67. The molecule has 41 heavy (non-hydrogen) atoms. The number of anilines is 1. The van der Waals surface area contributed by atoms with Crippen LogP contribution in [0.15, 0.2) is 23.8 Å². The number of aliphatic hydroxyl groups excluding tert-OH is 1. The summed E-state index contributed by atoms with van der Waals surface area (Å²) in [7, 11) is 3.58. The highest BCUT2D eigenvalue weighted by atomic mass is 35.5. The summed E-state index contributed by atoms with van der Waals surface area (Å²) < 4.78 is 5.88. The lowest BCUT2D eigenvalue weighted by atomic mass is 9.79. The van der Waals surface area contributed by atoms with Gasteiger partial charge in [0.05, 0.1) is 16.8 Å². The molecule has 0 saturated carbocycles. The second-order valence-corrected chi connectivity index (χ2v) is 12.4. The number of hydrogen-bond donors (Lipinski definition) is 2. The Balaban J connectivity index is 1.71. The molecule has 0 bridgehead atoms. The molecule has 2 aliphatic heterocycles. The number of aromatic nitrogens is 2. The molecule has 10 heteroatoms. The summed E-state index contributed by atoms with van der Waals surface area (Å²) in [5.74, 6) is 1.85. The predicted molar refractivity (Wildman–Crippen MR) is 165 cm³/mol. The van der Waals surface area contributed by atoms with Crippen molar-refractivity contribution in [3.63, 3.8) is 0 Å². The average molecular weight is 583 g/mol. The fourth-order valence-electron chi connectivity index (χ4n) is 5.89. The third-order valence-corrected chi connectivity index (χ3v) is 8.25. The zero-order chi connectivity index (χ0) is 30.1. The van der Waals surface area contributed by atoms with Crippen molar-refractivity contribution in [1.82, 2.24) is 19.8 Å². The number of allylic oxidation sites excluding steroid dienone is 2. The maximum absolute atomic E-state index is 12.6. The van der Waals surface area contributed by atoms with Gasteiger partial charge in [-0.3, -0.25) is 0 Å². The summed E-state index contributed by atoms with van der Waals surface area (Å²) in [5.41, 5.74) is 4.53. The highest BCUT2D eigenvalue weighted by Gasteiger charge is 2.50. The smallest absolute Gasteiger partial charge is 0.319 e. The van der Waals surface area contributed by atoms with Crippen LogP contribution in [0.2, 0.25) is 5.02 Å². The van der Waals surface area contributed by atoms with E-state index in [1.54, 1.807) is 38.1 Å². The van der Waals surface area contributed by atoms with Crippen molar-refractivity contribution in [1.29, 1.82) is 5.41 Å². The van der Waals surface area contributed by atoms with Crippen molar-refractivity contribution in [2.24, 2.45) is 5.41 Å². The number of nitrogens with one attached hydrogen (secondary N) is 1. The van der Waals surface area contributed by atoms with Gasteiger partial charge in [0.1, 0.15) is 18.2 Å². The van der Waals surface area contributed by atoms with Crippen LogP contribution in [0.5, 0.6) is 5.75 Å². The van der Waals surface area contributed by atoms with Crippen LogP contribution in [0.4, 0.5) is 10.6 Å². The van der Waals surface area contributed by atoms with Gasteiger partial charge in [-0.1, -0.05) is 30.5 Å². The highest BCUT2D eigenvalue weighted by Crippen LogP contribution is 2.44. The van der Waals surface area contributed by atoms with Crippen LogP contribution < -0.4 is 9.64 Å². The third kappa shape index (κ3) is 6.51. The van der Waals surface area contributed by atoms with E-state index in [1.165, 1.54) is 0 Å². The quantitative estimate of drug-likeness (QED) is 0.369. The van der Waals surface area contributed by atoms with Crippen LogP contribution >= 0.6 is 11.6 Å². The minimum atomic E-state index is -0.540. The fourth-order valence-corrected chi connectivity index (χ4v) is 6.10. The van der Waals surface area contributed by atoms with Gasteiger partial charge in [-0.05, 0) is 58.7 Å². The number of carbonyl (C=O) groups excluding carboxylic acids is 1. The number of carbonyl (C=O) groups is 1. The maximum atomic E-state index is 12.6. The number of ether oxygens (including phenoxy) is 1. The third-order valence-electron chi connectivity index (χ3n) is 7.92. The average Bonchev–Trinajstić information content (AvgIpc) is 3.34. The second kappa shape index (κ2) is 12.4. The second-order valence-electron chi connectivity index (χ2n) is 11.9. The Morgan fingerprint density at radius 2 is 1.93 bits per heavy atom.